The third-order valence-corrected chi connectivity index (χ3v) is 3.39. The maximum Gasteiger partial charge on any atom is 0.0595 e. The van der Waals surface area contributed by atoms with Crippen molar-refractivity contribution in [2.75, 3.05) is 0 Å². The Morgan fingerprint density at radius 1 is 1.24 bits per heavy atom. The van der Waals surface area contributed by atoms with Gasteiger partial charge in [-0.3, -0.25) is 0 Å². The zero-order valence-corrected chi connectivity index (χ0v) is 11.0. The Balaban J connectivity index is 2.16. The first-order chi connectivity index (χ1) is 8.06. The van der Waals surface area contributed by atoms with Crippen molar-refractivity contribution in [3.05, 3.63) is 57.8 Å². The van der Waals surface area contributed by atoms with Crippen LogP contribution >= 0.6 is 23.2 Å². The first-order valence-electron chi connectivity index (χ1n) is 5.41. The lowest BCUT2D eigenvalue weighted by Gasteiger charge is -2.05. The Kier molecular flexibility index (Phi) is 3.77. The molecule has 1 heterocycles. The first kappa shape index (κ1) is 12.5. The second-order valence-electron chi connectivity index (χ2n) is 4.15. The molecular weight excluding hydrogens is 255 g/mol. The summed E-state index contributed by atoms with van der Waals surface area (Å²) in [5.74, 6) is 0. The molecule has 1 atom stereocenters. The molecule has 0 amide bonds. The normalized spacial score (nSPS) is 12.7. The number of benzene rings is 1. The van der Waals surface area contributed by atoms with Crippen LogP contribution in [0.4, 0.5) is 0 Å². The number of nitrogens with two attached hydrogens (primary N) is 1. The molecule has 0 aliphatic heterocycles. The van der Waals surface area contributed by atoms with Crippen LogP contribution < -0.4 is 5.73 Å². The van der Waals surface area contributed by atoms with Gasteiger partial charge in [-0.2, -0.15) is 0 Å². The van der Waals surface area contributed by atoms with Crippen LogP contribution in [0.1, 0.15) is 24.1 Å². The number of hydrogen-bond acceptors (Lipinski definition) is 1. The fourth-order valence-electron chi connectivity index (χ4n) is 1.68. The summed E-state index contributed by atoms with van der Waals surface area (Å²) >= 11 is 11.8. The van der Waals surface area contributed by atoms with E-state index in [1.807, 2.05) is 43.6 Å². The fraction of sp³-hybridized carbons (Fsp3) is 0.231. The standard InChI is InChI=1S/C13H14Cl2N2/c1-9(16)11-4-5-17(8-11)7-10-2-3-12(14)13(15)6-10/h2-6,8-9H,7,16H2,1H3. The number of aromatic nitrogens is 1. The van der Waals surface area contributed by atoms with Crippen molar-refractivity contribution in [1.82, 2.24) is 4.57 Å². The SMILES string of the molecule is CC(N)c1ccn(Cc2ccc(Cl)c(Cl)c2)c1. The van der Waals surface area contributed by atoms with Gasteiger partial charge in [-0.25, -0.2) is 0 Å². The lowest BCUT2D eigenvalue weighted by molar-refractivity contribution is 0.778. The van der Waals surface area contributed by atoms with Crippen molar-refractivity contribution in [1.29, 1.82) is 0 Å². The van der Waals surface area contributed by atoms with Crippen LogP contribution in [-0.2, 0) is 6.54 Å². The highest BCUT2D eigenvalue weighted by molar-refractivity contribution is 6.42. The lowest BCUT2D eigenvalue weighted by atomic mass is 10.2. The van der Waals surface area contributed by atoms with Crippen molar-refractivity contribution < 1.29 is 0 Å². The van der Waals surface area contributed by atoms with E-state index in [0.29, 0.717) is 10.0 Å². The van der Waals surface area contributed by atoms with Gasteiger partial charge in [0.25, 0.3) is 0 Å². The number of hydrogen-bond donors (Lipinski definition) is 1. The summed E-state index contributed by atoms with van der Waals surface area (Å²) in [6.45, 7) is 2.74. The Hall–Kier alpha value is -0.960. The summed E-state index contributed by atoms with van der Waals surface area (Å²) < 4.78 is 2.08. The van der Waals surface area contributed by atoms with Crippen LogP contribution in [0.3, 0.4) is 0 Å². The first-order valence-corrected chi connectivity index (χ1v) is 6.17. The van der Waals surface area contributed by atoms with Crippen LogP contribution in [0.5, 0.6) is 0 Å². The van der Waals surface area contributed by atoms with E-state index in [9.17, 15) is 0 Å². The molecule has 2 N–H and O–H groups in total. The lowest BCUT2D eigenvalue weighted by Crippen LogP contribution is -2.03. The molecule has 1 aromatic heterocycles. The highest BCUT2D eigenvalue weighted by Gasteiger charge is 2.03. The molecule has 0 aliphatic rings. The molecule has 1 aromatic carbocycles. The van der Waals surface area contributed by atoms with Crippen molar-refractivity contribution in [2.24, 2.45) is 5.73 Å². The van der Waals surface area contributed by atoms with Gasteiger partial charge < -0.3 is 10.3 Å². The van der Waals surface area contributed by atoms with E-state index in [2.05, 4.69) is 4.57 Å². The summed E-state index contributed by atoms with van der Waals surface area (Å²) in [6.07, 6.45) is 4.06. The van der Waals surface area contributed by atoms with E-state index in [0.717, 1.165) is 17.7 Å². The van der Waals surface area contributed by atoms with Gasteiger partial charge in [-0.15, -0.1) is 0 Å². The average Bonchev–Trinajstić information content (AvgIpc) is 2.72. The van der Waals surface area contributed by atoms with Gasteiger partial charge in [-0.1, -0.05) is 29.3 Å². The van der Waals surface area contributed by atoms with Gasteiger partial charge in [0, 0.05) is 25.0 Å². The minimum atomic E-state index is 0.0602. The minimum absolute atomic E-state index is 0.0602. The van der Waals surface area contributed by atoms with Crippen molar-refractivity contribution >= 4 is 23.2 Å². The number of halogens is 2. The topological polar surface area (TPSA) is 30.9 Å². The van der Waals surface area contributed by atoms with Crippen molar-refractivity contribution in [2.45, 2.75) is 19.5 Å². The summed E-state index contributed by atoms with van der Waals surface area (Å²) in [5.41, 5.74) is 8.06. The molecule has 1 unspecified atom stereocenters. The van der Waals surface area contributed by atoms with Crippen LogP contribution in [-0.4, -0.2) is 4.57 Å². The molecule has 0 radical (unpaired) electrons. The van der Waals surface area contributed by atoms with Gasteiger partial charge >= 0.3 is 0 Å². The maximum atomic E-state index is 5.97. The molecule has 90 valence electrons. The summed E-state index contributed by atoms with van der Waals surface area (Å²) in [5, 5.41) is 1.17. The zero-order chi connectivity index (χ0) is 12.4. The molecule has 0 fully saturated rings. The molecular formula is C13H14Cl2N2. The third-order valence-electron chi connectivity index (χ3n) is 2.65. The Bertz CT molecular complexity index is 518. The van der Waals surface area contributed by atoms with Crippen LogP contribution in [0.25, 0.3) is 0 Å². The molecule has 0 bridgehead atoms. The highest BCUT2D eigenvalue weighted by atomic mass is 35.5. The smallest absolute Gasteiger partial charge is 0.0595 e. The van der Waals surface area contributed by atoms with Gasteiger partial charge in [-0.05, 0) is 36.2 Å². The Morgan fingerprint density at radius 2 is 2.00 bits per heavy atom. The second-order valence-corrected chi connectivity index (χ2v) is 4.97. The molecule has 2 aromatic rings. The second kappa shape index (κ2) is 5.13. The van der Waals surface area contributed by atoms with Gasteiger partial charge in [0.1, 0.15) is 0 Å². The van der Waals surface area contributed by atoms with Gasteiger partial charge in [0.2, 0.25) is 0 Å². The maximum absolute atomic E-state index is 5.97. The molecule has 17 heavy (non-hydrogen) atoms. The molecule has 0 spiro atoms. The van der Waals surface area contributed by atoms with E-state index >= 15 is 0 Å². The van der Waals surface area contributed by atoms with Crippen LogP contribution in [0.2, 0.25) is 10.0 Å². The van der Waals surface area contributed by atoms with E-state index in [1.54, 1.807) is 0 Å². The molecule has 0 saturated heterocycles. The molecule has 2 rings (SSSR count). The quantitative estimate of drug-likeness (QED) is 0.901. The van der Waals surface area contributed by atoms with Crippen molar-refractivity contribution in [3.8, 4) is 0 Å². The van der Waals surface area contributed by atoms with E-state index in [-0.39, 0.29) is 6.04 Å². The van der Waals surface area contributed by atoms with E-state index in [1.165, 1.54) is 0 Å². The third kappa shape index (κ3) is 3.03. The molecule has 0 aliphatic carbocycles. The summed E-state index contributed by atoms with van der Waals surface area (Å²) in [6, 6.07) is 7.76. The fourth-order valence-corrected chi connectivity index (χ4v) is 2.00. The van der Waals surface area contributed by atoms with Crippen LogP contribution in [0.15, 0.2) is 36.7 Å². The van der Waals surface area contributed by atoms with Crippen molar-refractivity contribution in [3.63, 3.8) is 0 Å². The Morgan fingerprint density at radius 3 is 2.59 bits per heavy atom. The highest BCUT2D eigenvalue weighted by Crippen LogP contribution is 2.23. The summed E-state index contributed by atoms with van der Waals surface area (Å²) in [7, 11) is 0. The summed E-state index contributed by atoms with van der Waals surface area (Å²) in [4.78, 5) is 0. The van der Waals surface area contributed by atoms with E-state index < -0.39 is 0 Å². The average molecular weight is 269 g/mol. The number of rotatable bonds is 3. The monoisotopic (exact) mass is 268 g/mol. The van der Waals surface area contributed by atoms with Crippen LogP contribution in [0, 0.1) is 0 Å². The molecule has 4 heteroatoms. The molecule has 2 nitrogen and oxygen atoms in total. The number of nitrogens with zero attached hydrogens (tertiary/aromatic N) is 1. The zero-order valence-electron chi connectivity index (χ0n) is 9.53. The van der Waals surface area contributed by atoms with Gasteiger partial charge in [0.15, 0.2) is 0 Å². The molecule has 0 saturated carbocycles. The predicted octanol–water partition coefficient (Wildman–Crippen LogP) is 3.86. The minimum Gasteiger partial charge on any atom is -0.350 e. The van der Waals surface area contributed by atoms with E-state index in [4.69, 9.17) is 28.9 Å². The predicted molar refractivity (Wildman–Crippen MR) is 72.6 cm³/mol. The largest absolute Gasteiger partial charge is 0.350 e. The Labute approximate surface area is 111 Å². The van der Waals surface area contributed by atoms with Gasteiger partial charge in [0.05, 0.1) is 10.0 Å².